The Balaban J connectivity index is 1.70. The largest absolute Gasteiger partial charge is 0.483 e. The number of amides is 1. The van der Waals surface area contributed by atoms with Crippen molar-refractivity contribution in [2.75, 3.05) is 11.9 Å². The molecule has 2 aromatic rings. The van der Waals surface area contributed by atoms with Gasteiger partial charge in [0.25, 0.3) is 5.91 Å². The molecule has 1 atom stereocenters. The zero-order valence-electron chi connectivity index (χ0n) is 13.6. The molecule has 4 nitrogen and oxygen atoms in total. The van der Waals surface area contributed by atoms with Crippen LogP contribution in [-0.2, 0) is 4.79 Å². The third-order valence-electron chi connectivity index (χ3n) is 4.18. The van der Waals surface area contributed by atoms with Gasteiger partial charge in [-0.3, -0.25) is 9.59 Å². The highest BCUT2D eigenvalue weighted by Crippen LogP contribution is 2.40. The zero-order chi connectivity index (χ0) is 17.3. The predicted octanol–water partition coefficient (Wildman–Crippen LogP) is 3.84. The maximum atomic E-state index is 12.9. The van der Waals surface area contributed by atoms with Crippen LogP contribution in [0.4, 0.5) is 10.1 Å². The first-order valence-corrected chi connectivity index (χ1v) is 7.80. The molecular formula is C19H18FNO3. The van der Waals surface area contributed by atoms with Crippen LogP contribution in [0.5, 0.6) is 5.75 Å². The van der Waals surface area contributed by atoms with Crippen LogP contribution in [0.25, 0.3) is 0 Å². The number of aryl methyl sites for hydroxylation is 1. The first kappa shape index (κ1) is 16.2. The summed E-state index contributed by atoms with van der Waals surface area (Å²) in [7, 11) is 0. The van der Waals surface area contributed by atoms with Gasteiger partial charge in [0.1, 0.15) is 11.6 Å². The number of hydrogen-bond donors (Lipinski definition) is 1. The van der Waals surface area contributed by atoms with Gasteiger partial charge < -0.3 is 10.1 Å². The molecule has 0 radical (unpaired) electrons. The van der Waals surface area contributed by atoms with E-state index in [9.17, 15) is 14.0 Å². The molecule has 3 rings (SSSR count). The van der Waals surface area contributed by atoms with Gasteiger partial charge in [-0.2, -0.15) is 0 Å². The molecule has 0 saturated heterocycles. The number of carbonyl (C=O) groups excluding carboxylic acids is 2. The van der Waals surface area contributed by atoms with Crippen LogP contribution < -0.4 is 10.1 Å². The summed E-state index contributed by atoms with van der Waals surface area (Å²) in [5.74, 6) is -0.0695. The second-order valence-corrected chi connectivity index (χ2v) is 6.04. The van der Waals surface area contributed by atoms with Crippen LogP contribution in [0.3, 0.4) is 0 Å². The SMILES string of the molecule is Cc1ccc(OCC(=O)Nc2ccc(F)cc2)c2c1[C@@H](C)CC2=O. The molecule has 1 aliphatic rings. The van der Waals surface area contributed by atoms with Crippen LogP contribution in [0, 0.1) is 12.7 Å². The highest BCUT2D eigenvalue weighted by atomic mass is 19.1. The van der Waals surface area contributed by atoms with Gasteiger partial charge in [-0.15, -0.1) is 0 Å². The smallest absolute Gasteiger partial charge is 0.262 e. The Morgan fingerprint density at radius 1 is 1.25 bits per heavy atom. The Labute approximate surface area is 139 Å². The minimum Gasteiger partial charge on any atom is -0.483 e. The van der Waals surface area contributed by atoms with E-state index in [0.29, 0.717) is 23.4 Å². The number of benzene rings is 2. The van der Waals surface area contributed by atoms with E-state index in [1.807, 2.05) is 19.9 Å². The monoisotopic (exact) mass is 327 g/mol. The van der Waals surface area contributed by atoms with Crippen molar-refractivity contribution in [3.05, 3.63) is 58.9 Å². The number of ether oxygens (including phenoxy) is 1. The van der Waals surface area contributed by atoms with Crippen LogP contribution >= 0.6 is 0 Å². The number of hydrogen-bond acceptors (Lipinski definition) is 3. The summed E-state index contributed by atoms with van der Waals surface area (Å²) < 4.78 is 18.4. The van der Waals surface area contributed by atoms with Crippen molar-refractivity contribution < 1.29 is 18.7 Å². The third-order valence-corrected chi connectivity index (χ3v) is 4.18. The Bertz CT molecular complexity index is 799. The van der Waals surface area contributed by atoms with E-state index in [1.54, 1.807) is 6.07 Å². The third kappa shape index (κ3) is 3.15. The van der Waals surface area contributed by atoms with Crippen LogP contribution in [0.1, 0.15) is 40.7 Å². The minimum absolute atomic E-state index is 0.0511. The molecule has 0 spiro atoms. The van der Waals surface area contributed by atoms with Gasteiger partial charge in [0.2, 0.25) is 0 Å². The van der Waals surface area contributed by atoms with Crippen molar-refractivity contribution in [1.29, 1.82) is 0 Å². The lowest BCUT2D eigenvalue weighted by molar-refractivity contribution is -0.118. The number of ketones is 1. The van der Waals surface area contributed by atoms with Gasteiger partial charge in [0.15, 0.2) is 12.4 Å². The summed E-state index contributed by atoms with van der Waals surface area (Å²) >= 11 is 0. The summed E-state index contributed by atoms with van der Waals surface area (Å²) in [6.07, 6.45) is 0.471. The Kier molecular flexibility index (Phi) is 4.34. The molecule has 2 aromatic carbocycles. The molecule has 1 N–H and O–H groups in total. The first-order chi connectivity index (χ1) is 11.5. The zero-order valence-corrected chi connectivity index (χ0v) is 13.6. The topological polar surface area (TPSA) is 55.4 Å². The van der Waals surface area contributed by atoms with E-state index in [0.717, 1.165) is 11.1 Å². The molecule has 1 aliphatic carbocycles. The summed E-state index contributed by atoms with van der Waals surface area (Å²) in [6, 6.07) is 9.12. The second kappa shape index (κ2) is 6.43. The lowest BCUT2D eigenvalue weighted by Gasteiger charge is -2.13. The fourth-order valence-corrected chi connectivity index (χ4v) is 3.10. The Morgan fingerprint density at radius 3 is 2.67 bits per heavy atom. The van der Waals surface area contributed by atoms with E-state index < -0.39 is 0 Å². The van der Waals surface area contributed by atoms with E-state index in [4.69, 9.17) is 4.74 Å². The molecule has 0 heterocycles. The van der Waals surface area contributed by atoms with Gasteiger partial charge in [0.05, 0.1) is 5.56 Å². The Morgan fingerprint density at radius 2 is 1.96 bits per heavy atom. The number of fused-ring (bicyclic) bond motifs is 1. The highest BCUT2D eigenvalue weighted by molar-refractivity contribution is 6.04. The highest BCUT2D eigenvalue weighted by Gasteiger charge is 2.31. The van der Waals surface area contributed by atoms with Gasteiger partial charge >= 0.3 is 0 Å². The van der Waals surface area contributed by atoms with Crippen molar-refractivity contribution in [3.63, 3.8) is 0 Å². The van der Waals surface area contributed by atoms with E-state index in [2.05, 4.69) is 5.32 Å². The van der Waals surface area contributed by atoms with E-state index >= 15 is 0 Å². The summed E-state index contributed by atoms with van der Waals surface area (Å²) in [6.45, 7) is 3.77. The standard InChI is InChI=1S/C19H18FNO3/c1-11-3-8-16(19-15(22)9-12(2)18(11)19)24-10-17(23)21-14-6-4-13(20)5-7-14/h3-8,12H,9-10H2,1-2H3,(H,21,23)/t12-/m0/s1. The average molecular weight is 327 g/mol. The summed E-state index contributed by atoms with van der Waals surface area (Å²) in [5.41, 5.74) is 3.16. The molecule has 0 aliphatic heterocycles. The van der Waals surface area contributed by atoms with E-state index in [1.165, 1.54) is 24.3 Å². The number of anilines is 1. The number of carbonyl (C=O) groups is 2. The van der Waals surface area contributed by atoms with Gasteiger partial charge in [-0.25, -0.2) is 4.39 Å². The Hall–Kier alpha value is -2.69. The molecule has 0 saturated carbocycles. The van der Waals surface area contributed by atoms with Gasteiger partial charge in [-0.1, -0.05) is 13.0 Å². The number of rotatable bonds is 4. The minimum atomic E-state index is -0.368. The number of halogens is 1. The molecule has 5 heteroatoms. The number of nitrogens with one attached hydrogen (secondary N) is 1. The molecular weight excluding hydrogens is 309 g/mol. The molecule has 1 amide bonds. The van der Waals surface area contributed by atoms with Crippen LogP contribution in [-0.4, -0.2) is 18.3 Å². The quantitative estimate of drug-likeness (QED) is 0.928. The lowest BCUT2D eigenvalue weighted by Crippen LogP contribution is -2.20. The average Bonchev–Trinajstić information content (AvgIpc) is 2.85. The van der Waals surface area contributed by atoms with Crippen molar-refractivity contribution in [1.82, 2.24) is 0 Å². The lowest BCUT2D eigenvalue weighted by atomic mass is 9.97. The number of Topliss-reactive ketones (excluding diaryl/α,β-unsaturated/α-hetero) is 1. The summed E-state index contributed by atoms with van der Waals surface area (Å²) in [4.78, 5) is 24.2. The van der Waals surface area contributed by atoms with Crippen LogP contribution in [0.15, 0.2) is 36.4 Å². The molecule has 0 fully saturated rings. The summed E-state index contributed by atoms with van der Waals surface area (Å²) in [5, 5.41) is 2.62. The van der Waals surface area contributed by atoms with Crippen LogP contribution in [0.2, 0.25) is 0 Å². The second-order valence-electron chi connectivity index (χ2n) is 6.04. The molecule has 24 heavy (non-hydrogen) atoms. The maximum absolute atomic E-state index is 12.9. The molecule has 0 aromatic heterocycles. The van der Waals surface area contributed by atoms with Crippen molar-refractivity contribution >= 4 is 17.4 Å². The van der Waals surface area contributed by atoms with E-state index in [-0.39, 0.29) is 30.0 Å². The van der Waals surface area contributed by atoms with Crippen molar-refractivity contribution in [2.24, 2.45) is 0 Å². The predicted molar refractivity (Wildman–Crippen MR) is 89.1 cm³/mol. The molecule has 0 bridgehead atoms. The van der Waals surface area contributed by atoms with Crippen molar-refractivity contribution in [2.45, 2.75) is 26.2 Å². The molecule has 124 valence electrons. The normalized spacial score (nSPS) is 16.0. The maximum Gasteiger partial charge on any atom is 0.262 e. The molecule has 0 unspecified atom stereocenters. The fraction of sp³-hybridized carbons (Fsp3) is 0.263. The fourth-order valence-electron chi connectivity index (χ4n) is 3.10. The van der Waals surface area contributed by atoms with Gasteiger partial charge in [-0.05, 0) is 54.3 Å². The first-order valence-electron chi connectivity index (χ1n) is 7.80. The van der Waals surface area contributed by atoms with Gasteiger partial charge in [0, 0.05) is 12.1 Å². The van der Waals surface area contributed by atoms with Crippen molar-refractivity contribution in [3.8, 4) is 5.75 Å².